The number of hydrogen-bond acceptors (Lipinski definition) is 5. The van der Waals surface area contributed by atoms with Crippen LogP contribution in [0.4, 0.5) is 11.4 Å². The Kier molecular flexibility index (Phi) is 7.29. The molecule has 7 heteroatoms. The zero-order chi connectivity index (χ0) is 23.2. The van der Waals surface area contributed by atoms with E-state index in [1.807, 2.05) is 31.2 Å². The molecule has 0 atom stereocenters. The van der Waals surface area contributed by atoms with Crippen molar-refractivity contribution in [3.63, 3.8) is 0 Å². The number of hydrogen-bond donors (Lipinski definition) is 1. The first-order valence-electron chi connectivity index (χ1n) is 10.6. The molecule has 0 saturated heterocycles. The fraction of sp³-hybridized carbons (Fsp3) is 0.154. The number of ether oxygens (including phenoxy) is 2. The van der Waals surface area contributed by atoms with Crippen molar-refractivity contribution < 1.29 is 14.4 Å². The lowest BCUT2D eigenvalue weighted by atomic mass is 10.1. The number of anilines is 1. The summed E-state index contributed by atoms with van der Waals surface area (Å²) in [7, 11) is 0. The average molecular weight is 554 g/mol. The van der Waals surface area contributed by atoms with Crippen molar-refractivity contribution in [3.8, 4) is 11.5 Å². The van der Waals surface area contributed by atoms with E-state index >= 15 is 0 Å². The molecule has 6 nitrogen and oxygen atoms in total. The number of benzene rings is 4. The van der Waals surface area contributed by atoms with Crippen LogP contribution in [0.2, 0.25) is 0 Å². The Morgan fingerprint density at radius 2 is 1.73 bits per heavy atom. The lowest BCUT2D eigenvalue weighted by Gasteiger charge is -2.17. The first-order chi connectivity index (χ1) is 16.0. The highest BCUT2D eigenvalue weighted by Gasteiger charge is 2.14. The predicted molar refractivity (Wildman–Crippen MR) is 139 cm³/mol. The van der Waals surface area contributed by atoms with Crippen molar-refractivity contribution in [3.05, 3.63) is 104 Å². The maximum absolute atomic E-state index is 10.8. The van der Waals surface area contributed by atoms with Crippen molar-refractivity contribution in [1.29, 1.82) is 0 Å². The summed E-state index contributed by atoms with van der Waals surface area (Å²) in [5.74, 6) is 1.43. The molecule has 0 fully saturated rings. The third-order valence-electron chi connectivity index (χ3n) is 5.20. The Bertz CT molecular complexity index is 1270. The maximum Gasteiger partial charge on any atom is 0.269 e. The van der Waals surface area contributed by atoms with Gasteiger partial charge in [0.15, 0.2) is 11.5 Å². The zero-order valence-electron chi connectivity index (χ0n) is 18.1. The summed E-state index contributed by atoms with van der Waals surface area (Å²) < 4.78 is 13.1. The van der Waals surface area contributed by atoms with Gasteiger partial charge in [0.1, 0.15) is 6.61 Å². The number of fused-ring (bicyclic) bond motifs is 1. The molecule has 0 aliphatic heterocycles. The molecule has 168 valence electrons. The molecule has 0 heterocycles. The van der Waals surface area contributed by atoms with Crippen LogP contribution < -0.4 is 14.8 Å². The summed E-state index contributed by atoms with van der Waals surface area (Å²) in [6.07, 6.45) is 0. The highest BCUT2D eigenvalue weighted by molar-refractivity contribution is 14.1. The van der Waals surface area contributed by atoms with Crippen LogP contribution in [0.15, 0.2) is 78.9 Å². The van der Waals surface area contributed by atoms with Gasteiger partial charge in [-0.25, -0.2) is 0 Å². The standard InChI is InChI=1S/C26H23IN2O4/c1-2-32-25-15-18(16-28-21-10-12-22(13-11-21)29(30)31)14-24(27)26(25)33-17-20-8-5-7-19-6-3-4-9-23(19)20/h3-15,28H,2,16-17H2,1H3. The van der Waals surface area contributed by atoms with Gasteiger partial charge in [-0.2, -0.15) is 0 Å². The van der Waals surface area contributed by atoms with E-state index in [1.54, 1.807) is 12.1 Å². The van der Waals surface area contributed by atoms with Crippen LogP contribution in [0.3, 0.4) is 0 Å². The van der Waals surface area contributed by atoms with Crippen molar-refractivity contribution in [2.75, 3.05) is 11.9 Å². The summed E-state index contributed by atoms with van der Waals surface area (Å²) in [4.78, 5) is 10.4. The van der Waals surface area contributed by atoms with Crippen LogP contribution in [-0.2, 0) is 13.2 Å². The van der Waals surface area contributed by atoms with E-state index in [0.29, 0.717) is 25.5 Å². The molecule has 0 spiro atoms. The van der Waals surface area contributed by atoms with Gasteiger partial charge in [0.2, 0.25) is 0 Å². The Labute approximate surface area is 205 Å². The lowest BCUT2D eigenvalue weighted by molar-refractivity contribution is -0.384. The van der Waals surface area contributed by atoms with Gasteiger partial charge in [-0.1, -0.05) is 42.5 Å². The van der Waals surface area contributed by atoms with Crippen LogP contribution in [0.5, 0.6) is 11.5 Å². The van der Waals surface area contributed by atoms with E-state index in [0.717, 1.165) is 26.1 Å². The normalized spacial score (nSPS) is 10.7. The molecule has 0 radical (unpaired) electrons. The lowest BCUT2D eigenvalue weighted by Crippen LogP contribution is -2.05. The number of rotatable bonds is 9. The summed E-state index contributed by atoms with van der Waals surface area (Å²) in [5.41, 5.74) is 3.03. The minimum atomic E-state index is -0.405. The minimum Gasteiger partial charge on any atom is -0.490 e. The first kappa shape index (κ1) is 22.8. The second-order valence-corrected chi connectivity index (χ2v) is 8.58. The Morgan fingerprint density at radius 1 is 0.970 bits per heavy atom. The molecule has 0 saturated carbocycles. The predicted octanol–water partition coefficient (Wildman–Crippen LogP) is 6.94. The van der Waals surface area contributed by atoms with Gasteiger partial charge in [-0.3, -0.25) is 10.1 Å². The summed E-state index contributed by atoms with van der Waals surface area (Å²) >= 11 is 2.27. The highest BCUT2D eigenvalue weighted by atomic mass is 127. The Balaban J connectivity index is 1.51. The number of nitrogens with zero attached hydrogens (tertiary/aromatic N) is 1. The quantitative estimate of drug-likeness (QED) is 0.138. The summed E-state index contributed by atoms with van der Waals surface area (Å²) in [6, 6.07) is 24.9. The minimum absolute atomic E-state index is 0.0708. The van der Waals surface area contributed by atoms with Crippen molar-refractivity contribution >= 4 is 44.7 Å². The molecule has 4 aromatic carbocycles. The van der Waals surface area contributed by atoms with Crippen LogP contribution in [0.25, 0.3) is 10.8 Å². The molecule has 0 aliphatic carbocycles. The molecule has 0 aromatic heterocycles. The summed E-state index contributed by atoms with van der Waals surface area (Å²) in [5, 5.41) is 16.5. The molecule has 1 N–H and O–H groups in total. The largest absolute Gasteiger partial charge is 0.490 e. The van der Waals surface area contributed by atoms with Crippen LogP contribution in [0, 0.1) is 13.7 Å². The van der Waals surface area contributed by atoms with Crippen LogP contribution in [0.1, 0.15) is 18.1 Å². The van der Waals surface area contributed by atoms with Gasteiger partial charge >= 0.3 is 0 Å². The fourth-order valence-corrected chi connectivity index (χ4v) is 4.42. The third kappa shape index (κ3) is 5.54. The smallest absolute Gasteiger partial charge is 0.269 e. The van der Waals surface area contributed by atoms with Crippen molar-refractivity contribution in [2.24, 2.45) is 0 Å². The second-order valence-electron chi connectivity index (χ2n) is 7.42. The van der Waals surface area contributed by atoms with Gasteiger partial charge in [-0.05, 0) is 75.7 Å². The van der Waals surface area contributed by atoms with Gasteiger partial charge < -0.3 is 14.8 Å². The SMILES string of the molecule is CCOc1cc(CNc2ccc([N+](=O)[O-])cc2)cc(I)c1OCc1cccc2ccccc12. The fourth-order valence-electron chi connectivity index (χ4n) is 3.60. The first-order valence-corrected chi connectivity index (χ1v) is 11.7. The van der Waals surface area contributed by atoms with Crippen LogP contribution in [-0.4, -0.2) is 11.5 Å². The van der Waals surface area contributed by atoms with E-state index in [9.17, 15) is 10.1 Å². The molecule has 4 rings (SSSR count). The van der Waals surface area contributed by atoms with E-state index < -0.39 is 4.92 Å². The molecule has 0 bridgehead atoms. The third-order valence-corrected chi connectivity index (χ3v) is 6.00. The van der Waals surface area contributed by atoms with E-state index in [4.69, 9.17) is 9.47 Å². The van der Waals surface area contributed by atoms with E-state index in [2.05, 4.69) is 58.2 Å². The van der Waals surface area contributed by atoms with Gasteiger partial charge in [0.05, 0.1) is 15.1 Å². The van der Waals surface area contributed by atoms with Gasteiger partial charge in [0.25, 0.3) is 5.69 Å². The molecule has 0 amide bonds. The van der Waals surface area contributed by atoms with Crippen LogP contribution >= 0.6 is 22.6 Å². The van der Waals surface area contributed by atoms with Crippen molar-refractivity contribution in [2.45, 2.75) is 20.1 Å². The molecule has 33 heavy (non-hydrogen) atoms. The maximum atomic E-state index is 10.8. The molecular weight excluding hydrogens is 531 g/mol. The second kappa shape index (κ2) is 10.5. The number of nitro groups is 1. The Hall–Kier alpha value is -3.33. The molecule has 0 unspecified atom stereocenters. The number of nitrogens with one attached hydrogen (secondary N) is 1. The highest BCUT2D eigenvalue weighted by Crippen LogP contribution is 2.35. The van der Waals surface area contributed by atoms with Gasteiger partial charge in [0, 0.05) is 24.4 Å². The van der Waals surface area contributed by atoms with E-state index in [-0.39, 0.29) is 5.69 Å². The summed E-state index contributed by atoms with van der Waals surface area (Å²) in [6.45, 7) is 3.47. The topological polar surface area (TPSA) is 73.6 Å². The Morgan fingerprint density at radius 3 is 2.48 bits per heavy atom. The number of nitro benzene ring substituents is 1. The number of non-ortho nitro benzene ring substituents is 1. The average Bonchev–Trinajstić information content (AvgIpc) is 2.82. The van der Waals surface area contributed by atoms with Crippen molar-refractivity contribution in [1.82, 2.24) is 0 Å². The molecule has 4 aromatic rings. The van der Waals surface area contributed by atoms with Gasteiger partial charge in [-0.15, -0.1) is 0 Å². The monoisotopic (exact) mass is 554 g/mol. The number of halogens is 1. The van der Waals surface area contributed by atoms with E-state index in [1.165, 1.54) is 22.9 Å². The molecule has 0 aliphatic rings. The zero-order valence-corrected chi connectivity index (χ0v) is 20.2. The molecular formula is C26H23IN2O4.